The number of nitrogens with zero attached hydrogens (tertiary/aromatic N) is 1. The highest BCUT2D eigenvalue weighted by atomic mass is 35.5. The smallest absolute Gasteiger partial charge is 0.242 e. The van der Waals surface area contributed by atoms with E-state index in [2.05, 4.69) is 5.32 Å². The minimum Gasteiger partial charge on any atom is -0.352 e. The van der Waals surface area contributed by atoms with Crippen LogP contribution in [0, 0.1) is 0 Å². The average Bonchev–Trinajstić information content (AvgIpc) is 2.74. The summed E-state index contributed by atoms with van der Waals surface area (Å²) in [4.78, 5) is 27.4. The van der Waals surface area contributed by atoms with Crippen LogP contribution in [0.3, 0.4) is 0 Å². The van der Waals surface area contributed by atoms with E-state index in [0.717, 1.165) is 17.5 Å². The van der Waals surface area contributed by atoms with Crippen molar-refractivity contribution in [2.24, 2.45) is 0 Å². The second-order valence-corrected chi connectivity index (χ2v) is 9.56. The first kappa shape index (κ1) is 25.9. The molecule has 2 aromatic carbocycles. The summed E-state index contributed by atoms with van der Waals surface area (Å²) in [5.74, 6) is 0.530. The molecule has 0 unspecified atom stereocenters. The van der Waals surface area contributed by atoms with E-state index in [-0.39, 0.29) is 30.2 Å². The monoisotopic (exact) mass is 500 g/mol. The Balaban J connectivity index is 2.10. The number of nitrogens with one attached hydrogen (secondary N) is 1. The van der Waals surface area contributed by atoms with Gasteiger partial charge in [-0.25, -0.2) is 0 Å². The molecular formula is C23H27Cl3N2O2S. The topological polar surface area (TPSA) is 49.4 Å². The lowest BCUT2D eigenvalue weighted by molar-refractivity contribution is -0.138. The molecule has 0 heterocycles. The molecule has 0 aliphatic rings. The fraction of sp³-hybridized carbons (Fsp3) is 0.391. The van der Waals surface area contributed by atoms with Crippen molar-refractivity contribution in [2.45, 2.75) is 51.6 Å². The highest BCUT2D eigenvalue weighted by molar-refractivity contribution is 7.99. The molecule has 2 atom stereocenters. The van der Waals surface area contributed by atoms with Crippen LogP contribution < -0.4 is 5.32 Å². The summed E-state index contributed by atoms with van der Waals surface area (Å²) in [6.45, 7) is 5.96. The standard InChI is InChI=1S/C23H27Cl3N2O2S/c1-4-15(2)27-23(30)16(3)28(12-18-7-5-6-8-19(18)24)22(29)14-31-13-17-9-10-20(25)21(26)11-17/h5-11,15-16H,4,12-14H2,1-3H3,(H,27,30)/t15-,16+/m0/s1. The highest BCUT2D eigenvalue weighted by Gasteiger charge is 2.27. The Labute approximate surface area is 203 Å². The quantitative estimate of drug-likeness (QED) is 0.421. The second kappa shape index (κ2) is 12.6. The minimum absolute atomic E-state index is 0.0382. The predicted octanol–water partition coefficient (Wildman–Crippen LogP) is 6.21. The number of hydrogen-bond acceptors (Lipinski definition) is 3. The Morgan fingerprint density at radius 2 is 1.74 bits per heavy atom. The summed E-state index contributed by atoms with van der Waals surface area (Å²) in [5, 5.41) is 4.51. The van der Waals surface area contributed by atoms with Gasteiger partial charge in [-0.15, -0.1) is 11.8 Å². The third-order valence-corrected chi connectivity index (χ3v) is 7.04. The molecule has 168 valence electrons. The summed E-state index contributed by atoms with van der Waals surface area (Å²) >= 11 is 19.8. The van der Waals surface area contributed by atoms with Gasteiger partial charge in [-0.3, -0.25) is 9.59 Å². The average molecular weight is 502 g/mol. The summed E-state index contributed by atoms with van der Waals surface area (Å²) in [7, 11) is 0. The van der Waals surface area contributed by atoms with E-state index in [9.17, 15) is 9.59 Å². The van der Waals surface area contributed by atoms with Crippen LogP contribution in [0.2, 0.25) is 15.1 Å². The molecule has 0 saturated heterocycles. The molecular weight excluding hydrogens is 475 g/mol. The Morgan fingerprint density at radius 3 is 2.39 bits per heavy atom. The van der Waals surface area contributed by atoms with E-state index < -0.39 is 6.04 Å². The van der Waals surface area contributed by atoms with Crippen LogP contribution in [0.4, 0.5) is 0 Å². The molecule has 1 N–H and O–H groups in total. The van der Waals surface area contributed by atoms with E-state index in [1.807, 2.05) is 38.1 Å². The van der Waals surface area contributed by atoms with Crippen molar-refractivity contribution in [3.8, 4) is 0 Å². The summed E-state index contributed by atoms with van der Waals surface area (Å²) in [6, 6.07) is 12.2. The van der Waals surface area contributed by atoms with Gasteiger partial charge in [0.05, 0.1) is 15.8 Å². The van der Waals surface area contributed by atoms with Crippen molar-refractivity contribution in [3.05, 3.63) is 68.7 Å². The van der Waals surface area contributed by atoms with Crippen molar-refractivity contribution >= 4 is 58.4 Å². The Bertz CT molecular complexity index is 910. The molecule has 2 aromatic rings. The van der Waals surface area contributed by atoms with E-state index in [0.29, 0.717) is 20.8 Å². The van der Waals surface area contributed by atoms with E-state index in [1.54, 1.807) is 30.0 Å². The minimum atomic E-state index is -0.622. The largest absolute Gasteiger partial charge is 0.352 e. The van der Waals surface area contributed by atoms with Gasteiger partial charge in [0.25, 0.3) is 0 Å². The molecule has 8 heteroatoms. The van der Waals surface area contributed by atoms with Gasteiger partial charge in [-0.1, -0.05) is 66.0 Å². The molecule has 2 rings (SSSR count). The maximum atomic E-state index is 13.1. The molecule has 0 saturated carbocycles. The van der Waals surface area contributed by atoms with Gasteiger partial charge >= 0.3 is 0 Å². The van der Waals surface area contributed by atoms with Crippen molar-refractivity contribution in [3.63, 3.8) is 0 Å². The van der Waals surface area contributed by atoms with Crippen LogP contribution in [0.1, 0.15) is 38.3 Å². The molecule has 0 aliphatic heterocycles. The van der Waals surface area contributed by atoms with Gasteiger partial charge < -0.3 is 10.2 Å². The van der Waals surface area contributed by atoms with Crippen molar-refractivity contribution in [1.29, 1.82) is 0 Å². The van der Waals surface area contributed by atoms with E-state index >= 15 is 0 Å². The van der Waals surface area contributed by atoms with Crippen LogP contribution in [0.15, 0.2) is 42.5 Å². The molecule has 4 nitrogen and oxygen atoms in total. The van der Waals surface area contributed by atoms with Crippen molar-refractivity contribution < 1.29 is 9.59 Å². The lowest BCUT2D eigenvalue weighted by atomic mass is 10.1. The van der Waals surface area contributed by atoms with Crippen LogP contribution in [0.5, 0.6) is 0 Å². The predicted molar refractivity (Wildman–Crippen MR) is 132 cm³/mol. The normalized spacial score (nSPS) is 12.8. The molecule has 0 aliphatic carbocycles. The van der Waals surface area contributed by atoms with E-state index in [1.165, 1.54) is 11.8 Å². The molecule has 0 fully saturated rings. The van der Waals surface area contributed by atoms with Crippen molar-refractivity contribution in [1.82, 2.24) is 10.2 Å². The van der Waals surface area contributed by atoms with Gasteiger partial charge in [-0.2, -0.15) is 0 Å². The Hall–Kier alpha value is -1.40. The number of rotatable bonds is 10. The van der Waals surface area contributed by atoms with Crippen LogP contribution >= 0.6 is 46.6 Å². The number of thioether (sulfide) groups is 1. The van der Waals surface area contributed by atoms with Crippen molar-refractivity contribution in [2.75, 3.05) is 5.75 Å². The lowest BCUT2D eigenvalue weighted by Crippen LogP contribution is -2.50. The maximum absolute atomic E-state index is 13.1. The molecule has 0 spiro atoms. The van der Waals surface area contributed by atoms with Crippen LogP contribution in [0.25, 0.3) is 0 Å². The summed E-state index contributed by atoms with van der Waals surface area (Å²) < 4.78 is 0. The number of carbonyl (C=O) groups excluding carboxylic acids is 2. The fourth-order valence-corrected chi connectivity index (χ4v) is 4.20. The summed E-state index contributed by atoms with van der Waals surface area (Å²) in [6.07, 6.45) is 0.816. The third kappa shape index (κ3) is 7.90. The number of halogens is 3. The third-order valence-electron chi connectivity index (χ3n) is 4.95. The molecule has 0 aromatic heterocycles. The SMILES string of the molecule is CC[C@H](C)NC(=O)[C@@H](C)N(Cc1ccccc1Cl)C(=O)CSCc1ccc(Cl)c(Cl)c1. The number of benzene rings is 2. The molecule has 0 radical (unpaired) electrons. The molecule has 2 amide bonds. The van der Waals surface area contributed by atoms with Crippen LogP contribution in [-0.2, 0) is 21.9 Å². The van der Waals surface area contributed by atoms with Gasteiger partial charge in [-0.05, 0) is 49.6 Å². The number of hydrogen-bond donors (Lipinski definition) is 1. The zero-order chi connectivity index (χ0) is 23.0. The molecule has 31 heavy (non-hydrogen) atoms. The maximum Gasteiger partial charge on any atom is 0.242 e. The van der Waals surface area contributed by atoms with Gasteiger partial charge in [0.1, 0.15) is 6.04 Å². The fourth-order valence-electron chi connectivity index (χ4n) is 2.83. The van der Waals surface area contributed by atoms with Gasteiger partial charge in [0, 0.05) is 23.4 Å². The van der Waals surface area contributed by atoms with Gasteiger partial charge in [0.2, 0.25) is 11.8 Å². The summed E-state index contributed by atoms with van der Waals surface area (Å²) in [5.41, 5.74) is 1.78. The first-order chi connectivity index (χ1) is 14.7. The Morgan fingerprint density at radius 1 is 1.03 bits per heavy atom. The number of carbonyl (C=O) groups is 2. The zero-order valence-electron chi connectivity index (χ0n) is 17.8. The highest BCUT2D eigenvalue weighted by Crippen LogP contribution is 2.25. The first-order valence-corrected chi connectivity index (χ1v) is 12.4. The first-order valence-electron chi connectivity index (χ1n) is 10.1. The number of amides is 2. The Kier molecular flexibility index (Phi) is 10.5. The van der Waals surface area contributed by atoms with Crippen LogP contribution in [-0.4, -0.2) is 34.6 Å². The van der Waals surface area contributed by atoms with Gasteiger partial charge in [0.15, 0.2) is 0 Å². The van der Waals surface area contributed by atoms with E-state index in [4.69, 9.17) is 34.8 Å². The zero-order valence-corrected chi connectivity index (χ0v) is 20.9. The molecule has 0 bridgehead atoms. The second-order valence-electron chi connectivity index (χ2n) is 7.35. The lowest BCUT2D eigenvalue weighted by Gasteiger charge is -2.30.